The molecule has 0 radical (unpaired) electrons. The number of hydrogen-bond acceptors (Lipinski definition) is 7. The Morgan fingerprint density at radius 2 is 2.13 bits per heavy atom. The van der Waals surface area contributed by atoms with E-state index in [2.05, 4.69) is 22.0 Å². The second-order valence-corrected chi connectivity index (χ2v) is 8.14. The molecule has 3 aromatic heterocycles. The molecule has 0 N–H and O–H groups in total. The number of pyridine rings is 1. The average Bonchev–Trinajstić information content (AvgIpc) is 3.43. The third-order valence-corrected chi connectivity index (χ3v) is 5.62. The molecular weight excluding hydrogens is 392 g/mol. The lowest BCUT2D eigenvalue weighted by molar-refractivity contribution is 0.0722. The molecule has 0 bridgehead atoms. The van der Waals surface area contributed by atoms with E-state index in [1.165, 1.54) is 0 Å². The molecule has 0 aromatic carbocycles. The van der Waals surface area contributed by atoms with Crippen molar-refractivity contribution in [2.45, 2.75) is 45.6 Å². The Labute approximate surface area is 182 Å². The minimum Gasteiger partial charge on any atom is -0.361 e. The van der Waals surface area contributed by atoms with Crippen LogP contribution in [0.4, 0.5) is 5.95 Å². The Hall–Kier alpha value is -3.29. The fourth-order valence-electron chi connectivity index (χ4n) is 4.06. The van der Waals surface area contributed by atoms with Gasteiger partial charge in [0.15, 0.2) is 5.69 Å². The van der Waals surface area contributed by atoms with Crippen molar-refractivity contribution in [1.82, 2.24) is 25.0 Å². The van der Waals surface area contributed by atoms with Gasteiger partial charge in [-0.05, 0) is 43.4 Å². The highest BCUT2D eigenvalue weighted by Crippen LogP contribution is 2.38. The van der Waals surface area contributed by atoms with Crippen LogP contribution in [0.5, 0.6) is 0 Å². The number of aromatic nitrogens is 4. The van der Waals surface area contributed by atoms with Crippen molar-refractivity contribution in [1.29, 1.82) is 0 Å². The standard InChI is InChI=1S/C23H28N6O2/c1-5-7-16-12-19(27-31-16)22(30)29-11-6-8-20(29)21-18(14-25-23(26-21)28(3)4)17-9-10-24-13-15(17)2/h9-10,12-14,20H,5-8,11H2,1-4H3/t20-/m1/s1. The first-order valence-corrected chi connectivity index (χ1v) is 10.7. The van der Waals surface area contributed by atoms with Gasteiger partial charge >= 0.3 is 0 Å². The van der Waals surface area contributed by atoms with Crippen LogP contribution in [0.15, 0.2) is 35.2 Å². The van der Waals surface area contributed by atoms with Gasteiger partial charge in [-0.1, -0.05) is 12.1 Å². The SMILES string of the molecule is CCCc1cc(C(=O)N2CCC[C@@H]2c2nc(N(C)C)ncc2-c2ccncc2C)no1. The minimum absolute atomic E-state index is 0.115. The molecule has 0 spiro atoms. The van der Waals surface area contributed by atoms with Gasteiger partial charge in [0.1, 0.15) is 5.76 Å². The summed E-state index contributed by atoms with van der Waals surface area (Å²) < 4.78 is 5.35. The molecule has 1 amide bonds. The molecule has 0 unspecified atom stereocenters. The van der Waals surface area contributed by atoms with E-state index in [1.807, 2.05) is 49.3 Å². The van der Waals surface area contributed by atoms with Gasteiger partial charge in [0.25, 0.3) is 5.91 Å². The van der Waals surface area contributed by atoms with Gasteiger partial charge in [0.2, 0.25) is 5.95 Å². The van der Waals surface area contributed by atoms with Gasteiger partial charge in [-0.2, -0.15) is 0 Å². The molecular formula is C23H28N6O2. The Bertz CT molecular complexity index is 1080. The lowest BCUT2D eigenvalue weighted by Crippen LogP contribution is -2.32. The third-order valence-electron chi connectivity index (χ3n) is 5.62. The van der Waals surface area contributed by atoms with E-state index in [4.69, 9.17) is 9.51 Å². The zero-order chi connectivity index (χ0) is 22.0. The molecule has 1 aliphatic rings. The van der Waals surface area contributed by atoms with Gasteiger partial charge in [-0.3, -0.25) is 9.78 Å². The van der Waals surface area contributed by atoms with Crippen LogP contribution in [-0.4, -0.2) is 51.6 Å². The molecule has 1 atom stereocenters. The van der Waals surface area contributed by atoms with E-state index >= 15 is 0 Å². The highest BCUT2D eigenvalue weighted by Gasteiger charge is 2.35. The first kappa shape index (κ1) is 21.0. The number of carbonyl (C=O) groups is 1. The molecule has 1 saturated heterocycles. The van der Waals surface area contributed by atoms with Gasteiger partial charge in [0, 0.05) is 57.3 Å². The van der Waals surface area contributed by atoms with E-state index < -0.39 is 0 Å². The molecule has 1 aliphatic heterocycles. The summed E-state index contributed by atoms with van der Waals surface area (Å²) in [5, 5.41) is 4.03. The molecule has 162 valence electrons. The lowest BCUT2D eigenvalue weighted by Gasteiger charge is -2.26. The molecule has 8 heteroatoms. The summed E-state index contributed by atoms with van der Waals surface area (Å²) in [6.45, 7) is 4.75. The zero-order valence-electron chi connectivity index (χ0n) is 18.5. The molecule has 1 fully saturated rings. The normalized spacial score (nSPS) is 16.0. The second-order valence-electron chi connectivity index (χ2n) is 8.14. The maximum atomic E-state index is 13.3. The van der Waals surface area contributed by atoms with Crippen LogP contribution in [-0.2, 0) is 6.42 Å². The fourth-order valence-corrected chi connectivity index (χ4v) is 4.06. The maximum Gasteiger partial charge on any atom is 0.276 e. The Balaban J connectivity index is 1.75. The van der Waals surface area contributed by atoms with Crippen molar-refractivity contribution in [3.05, 3.63) is 53.4 Å². The highest BCUT2D eigenvalue weighted by atomic mass is 16.5. The molecule has 0 saturated carbocycles. The predicted octanol–water partition coefficient (Wildman–Crippen LogP) is 3.83. The third kappa shape index (κ3) is 4.15. The number of nitrogens with zero attached hydrogens (tertiary/aromatic N) is 6. The monoisotopic (exact) mass is 420 g/mol. The number of aryl methyl sites for hydroxylation is 2. The van der Waals surface area contributed by atoms with Crippen molar-refractivity contribution < 1.29 is 9.32 Å². The first-order chi connectivity index (χ1) is 15.0. The van der Waals surface area contributed by atoms with E-state index in [9.17, 15) is 4.79 Å². The van der Waals surface area contributed by atoms with Crippen molar-refractivity contribution in [3.63, 3.8) is 0 Å². The number of hydrogen-bond donors (Lipinski definition) is 0. The summed E-state index contributed by atoms with van der Waals surface area (Å²) in [6.07, 6.45) is 8.93. The second kappa shape index (κ2) is 8.83. The van der Waals surface area contributed by atoms with Crippen LogP contribution < -0.4 is 4.90 Å². The first-order valence-electron chi connectivity index (χ1n) is 10.7. The van der Waals surface area contributed by atoms with Gasteiger partial charge in [0.05, 0.1) is 11.7 Å². The quantitative estimate of drug-likeness (QED) is 0.599. The Morgan fingerprint density at radius 1 is 1.29 bits per heavy atom. The number of anilines is 1. The largest absolute Gasteiger partial charge is 0.361 e. The van der Waals surface area contributed by atoms with E-state index in [-0.39, 0.29) is 11.9 Å². The molecule has 8 nitrogen and oxygen atoms in total. The zero-order valence-corrected chi connectivity index (χ0v) is 18.5. The topological polar surface area (TPSA) is 88.3 Å². The van der Waals surface area contributed by atoms with E-state index in [0.29, 0.717) is 18.2 Å². The van der Waals surface area contributed by atoms with Crippen LogP contribution in [0.2, 0.25) is 0 Å². The van der Waals surface area contributed by atoms with Crippen LogP contribution in [0.3, 0.4) is 0 Å². The molecule has 3 aromatic rings. The summed E-state index contributed by atoms with van der Waals surface area (Å²) in [4.78, 5) is 30.7. The average molecular weight is 421 g/mol. The lowest BCUT2D eigenvalue weighted by atomic mass is 9.97. The summed E-state index contributed by atoms with van der Waals surface area (Å²) in [5.41, 5.74) is 4.22. The molecule has 0 aliphatic carbocycles. The number of amides is 1. The molecule has 4 heterocycles. The number of carbonyl (C=O) groups excluding carboxylic acids is 1. The van der Waals surface area contributed by atoms with E-state index in [0.717, 1.165) is 53.8 Å². The Morgan fingerprint density at radius 3 is 2.87 bits per heavy atom. The van der Waals surface area contributed by atoms with Crippen molar-refractivity contribution >= 4 is 11.9 Å². The summed E-state index contributed by atoms with van der Waals surface area (Å²) >= 11 is 0. The Kier molecular flexibility index (Phi) is 5.97. The van der Waals surface area contributed by atoms with Crippen LogP contribution in [0.1, 0.15) is 59.7 Å². The van der Waals surface area contributed by atoms with Crippen molar-refractivity contribution in [2.75, 3.05) is 25.5 Å². The maximum absolute atomic E-state index is 13.3. The van der Waals surface area contributed by atoms with Crippen molar-refractivity contribution in [2.24, 2.45) is 0 Å². The summed E-state index contributed by atoms with van der Waals surface area (Å²) in [6, 6.07) is 3.59. The van der Waals surface area contributed by atoms with Crippen LogP contribution in [0, 0.1) is 6.92 Å². The molecule has 4 rings (SSSR count). The van der Waals surface area contributed by atoms with Crippen LogP contribution >= 0.6 is 0 Å². The smallest absolute Gasteiger partial charge is 0.276 e. The summed E-state index contributed by atoms with van der Waals surface area (Å²) in [7, 11) is 3.83. The highest BCUT2D eigenvalue weighted by molar-refractivity contribution is 5.93. The van der Waals surface area contributed by atoms with Gasteiger partial charge < -0.3 is 14.3 Å². The minimum atomic E-state index is -0.150. The van der Waals surface area contributed by atoms with Gasteiger partial charge in [-0.15, -0.1) is 0 Å². The van der Waals surface area contributed by atoms with Crippen molar-refractivity contribution in [3.8, 4) is 11.1 Å². The fraction of sp³-hybridized carbons (Fsp3) is 0.435. The predicted molar refractivity (Wildman–Crippen MR) is 118 cm³/mol. The number of likely N-dealkylation sites (tertiary alicyclic amines) is 1. The number of rotatable bonds is 6. The summed E-state index contributed by atoms with van der Waals surface area (Å²) in [5.74, 6) is 1.25. The molecule has 31 heavy (non-hydrogen) atoms. The van der Waals surface area contributed by atoms with E-state index in [1.54, 1.807) is 12.3 Å². The van der Waals surface area contributed by atoms with Crippen LogP contribution in [0.25, 0.3) is 11.1 Å². The van der Waals surface area contributed by atoms with Gasteiger partial charge in [-0.25, -0.2) is 9.97 Å².